The number of carbonyl (C=O) groups is 1. The van der Waals surface area contributed by atoms with Gasteiger partial charge in [0.1, 0.15) is 0 Å². The van der Waals surface area contributed by atoms with Gasteiger partial charge >= 0.3 is 0 Å². The van der Waals surface area contributed by atoms with Crippen LogP contribution in [0.4, 0.5) is 0 Å². The summed E-state index contributed by atoms with van der Waals surface area (Å²) in [5.74, 6) is 1.47. The summed E-state index contributed by atoms with van der Waals surface area (Å²) in [5.41, 5.74) is 14.5. The number of aryl methyl sites for hydroxylation is 3. The number of nitrogens with one attached hydrogen (secondary N) is 1. The number of hydrogen-bond acceptors (Lipinski definition) is 5. The number of nitrogens with two attached hydrogens (primary N) is 1. The van der Waals surface area contributed by atoms with Gasteiger partial charge in [0.05, 0.1) is 6.04 Å². The Bertz CT molecular complexity index is 1330. The molecular formula is C41H64N4O2S. The predicted molar refractivity (Wildman–Crippen MR) is 208 cm³/mol. The zero-order valence-corrected chi connectivity index (χ0v) is 31.4. The molecular weight excluding hydrogens is 613 g/mol. The largest absolute Gasteiger partial charge is 0.412 e. The van der Waals surface area contributed by atoms with Crippen LogP contribution in [0.2, 0.25) is 0 Å². The average molecular weight is 677 g/mol. The first kappa shape index (κ1) is 41.5. The lowest BCUT2D eigenvalue weighted by Gasteiger charge is -2.40. The number of nitrogens with zero attached hydrogens (tertiary/aromatic N) is 2. The molecule has 0 radical (unpaired) electrons. The Kier molecular flexibility index (Phi) is 19.1. The SMILES string of the molecule is CC.CCc1ccc(C[C@@H](NCC(C)C[C@@H]2CCc3ccccc3C2)C(=O)N2CCN(C(CN)c3ccccc3C)CC2)cc1.CS.O. The molecule has 0 bridgehead atoms. The van der Waals surface area contributed by atoms with Crippen molar-refractivity contribution in [1.82, 2.24) is 15.1 Å². The lowest BCUT2D eigenvalue weighted by Crippen LogP contribution is -2.56. The lowest BCUT2D eigenvalue weighted by molar-refractivity contribution is -0.135. The summed E-state index contributed by atoms with van der Waals surface area (Å²) in [4.78, 5) is 18.6. The number of piperazine rings is 1. The van der Waals surface area contributed by atoms with Gasteiger partial charge in [-0.3, -0.25) is 9.69 Å². The normalized spacial score (nSPS) is 17.7. The molecule has 4 atom stereocenters. The first-order chi connectivity index (χ1) is 22.9. The van der Waals surface area contributed by atoms with E-state index in [9.17, 15) is 4.79 Å². The van der Waals surface area contributed by atoms with Gasteiger partial charge in [0.2, 0.25) is 5.91 Å². The minimum absolute atomic E-state index is 0. The number of amides is 1. The number of fused-ring (bicyclic) bond motifs is 1. The van der Waals surface area contributed by atoms with Crippen molar-refractivity contribution in [1.29, 1.82) is 0 Å². The van der Waals surface area contributed by atoms with Crippen LogP contribution in [0.3, 0.4) is 0 Å². The number of carbonyl (C=O) groups excluding carboxylic acids is 1. The van der Waals surface area contributed by atoms with E-state index in [0.29, 0.717) is 12.5 Å². The molecule has 7 heteroatoms. The average Bonchev–Trinajstić information content (AvgIpc) is 3.13. The fraction of sp³-hybridized carbons (Fsp3) is 0.537. The Morgan fingerprint density at radius 3 is 2.15 bits per heavy atom. The van der Waals surface area contributed by atoms with Crippen molar-refractivity contribution in [2.45, 2.75) is 85.2 Å². The van der Waals surface area contributed by atoms with Crippen molar-refractivity contribution < 1.29 is 10.3 Å². The van der Waals surface area contributed by atoms with Crippen molar-refractivity contribution >= 4 is 18.5 Å². The first-order valence-corrected chi connectivity index (χ1v) is 19.0. The summed E-state index contributed by atoms with van der Waals surface area (Å²) >= 11 is 3.53. The molecule has 1 aliphatic carbocycles. The van der Waals surface area contributed by atoms with Crippen LogP contribution in [0.1, 0.15) is 80.0 Å². The van der Waals surface area contributed by atoms with Crippen molar-refractivity contribution in [3.05, 3.63) is 106 Å². The Labute approximate surface area is 297 Å². The molecule has 0 spiro atoms. The minimum Gasteiger partial charge on any atom is -0.412 e. The first-order valence-electron chi connectivity index (χ1n) is 18.1. The molecule has 1 fully saturated rings. The summed E-state index contributed by atoms with van der Waals surface area (Å²) in [6.07, 6.45) is 8.29. The highest BCUT2D eigenvalue weighted by Crippen LogP contribution is 2.30. The minimum atomic E-state index is -0.213. The van der Waals surface area contributed by atoms with Crippen LogP contribution >= 0.6 is 12.6 Å². The number of thiol groups is 1. The van der Waals surface area contributed by atoms with Crippen molar-refractivity contribution in [2.75, 3.05) is 45.5 Å². The van der Waals surface area contributed by atoms with Crippen LogP contribution in [0.15, 0.2) is 72.8 Å². The summed E-state index contributed by atoms with van der Waals surface area (Å²) in [7, 11) is 0. The predicted octanol–water partition coefficient (Wildman–Crippen LogP) is 6.48. The topological polar surface area (TPSA) is 93.1 Å². The van der Waals surface area contributed by atoms with E-state index in [-0.39, 0.29) is 23.5 Å². The van der Waals surface area contributed by atoms with Crippen molar-refractivity contribution in [2.24, 2.45) is 17.6 Å². The van der Waals surface area contributed by atoms with Crippen LogP contribution in [-0.4, -0.2) is 72.7 Å². The molecule has 3 aromatic rings. The van der Waals surface area contributed by atoms with Gasteiger partial charge < -0.3 is 21.4 Å². The van der Waals surface area contributed by atoms with E-state index in [1.807, 2.05) is 13.8 Å². The highest BCUT2D eigenvalue weighted by Gasteiger charge is 2.31. The molecule has 6 nitrogen and oxygen atoms in total. The maximum atomic E-state index is 14.1. The smallest absolute Gasteiger partial charge is 0.240 e. The van der Waals surface area contributed by atoms with Crippen LogP contribution < -0.4 is 11.1 Å². The summed E-state index contributed by atoms with van der Waals surface area (Å²) in [6.45, 7) is 15.3. The molecule has 2 aliphatic rings. The second-order valence-electron chi connectivity index (χ2n) is 13.0. The fourth-order valence-electron chi connectivity index (χ4n) is 7.27. The standard InChI is InChI=1S/C38H52N4O.C2H6.CH4S.H2O/c1-4-30-13-15-31(16-14-30)25-36(40-27-28(2)23-32-17-18-33-10-6-7-11-34(33)24-32)38(43)42-21-19-41(20-22-42)37(26-39)35-12-8-5-9-29(35)3;2*1-2;/h5-16,28,32,36-37,40H,4,17-27,39H2,1-3H3;1-2H3;2H,1H3;1H2/t28?,32-,36+,37?;;;/m0.../s1. The third-order valence-corrected chi connectivity index (χ3v) is 9.90. The van der Waals surface area contributed by atoms with Gasteiger partial charge in [-0.05, 0) is 103 Å². The summed E-state index contributed by atoms with van der Waals surface area (Å²) < 4.78 is 0. The Morgan fingerprint density at radius 1 is 0.917 bits per heavy atom. The van der Waals surface area contributed by atoms with Crippen LogP contribution in [0.25, 0.3) is 0 Å². The molecule has 0 aromatic heterocycles. The maximum Gasteiger partial charge on any atom is 0.240 e. The third-order valence-electron chi connectivity index (χ3n) is 9.90. The molecule has 48 heavy (non-hydrogen) atoms. The quantitative estimate of drug-likeness (QED) is 0.192. The van der Waals surface area contributed by atoms with E-state index in [1.165, 1.54) is 59.1 Å². The molecule has 5 N–H and O–H groups in total. The van der Waals surface area contributed by atoms with Gasteiger partial charge in [0.25, 0.3) is 0 Å². The van der Waals surface area contributed by atoms with Gasteiger partial charge in [0, 0.05) is 38.8 Å². The fourth-order valence-corrected chi connectivity index (χ4v) is 7.27. The van der Waals surface area contributed by atoms with E-state index in [2.05, 4.69) is 121 Å². The molecule has 2 unspecified atom stereocenters. The Hall–Kier alpha value is -2.68. The lowest BCUT2D eigenvalue weighted by atomic mass is 9.79. The second kappa shape index (κ2) is 22.1. The van der Waals surface area contributed by atoms with Crippen molar-refractivity contribution in [3.63, 3.8) is 0 Å². The van der Waals surface area contributed by atoms with E-state index >= 15 is 0 Å². The number of rotatable bonds is 12. The maximum absolute atomic E-state index is 14.1. The molecule has 0 saturated carbocycles. The van der Waals surface area contributed by atoms with E-state index < -0.39 is 0 Å². The van der Waals surface area contributed by atoms with Gasteiger partial charge in [0.15, 0.2) is 0 Å². The third kappa shape index (κ3) is 11.7. The van der Waals surface area contributed by atoms with Gasteiger partial charge in [-0.2, -0.15) is 12.6 Å². The number of benzene rings is 3. The molecule has 1 heterocycles. The van der Waals surface area contributed by atoms with Gasteiger partial charge in [-0.1, -0.05) is 100 Å². The summed E-state index contributed by atoms with van der Waals surface area (Å²) in [6, 6.07) is 26.3. The molecule has 1 saturated heterocycles. The second-order valence-corrected chi connectivity index (χ2v) is 13.0. The number of hydrogen-bond donors (Lipinski definition) is 3. The summed E-state index contributed by atoms with van der Waals surface area (Å²) in [5, 5.41) is 3.76. The molecule has 1 amide bonds. The zero-order chi connectivity index (χ0) is 34.2. The zero-order valence-electron chi connectivity index (χ0n) is 30.6. The molecule has 3 aromatic carbocycles. The van der Waals surface area contributed by atoms with E-state index in [1.54, 1.807) is 6.26 Å². The van der Waals surface area contributed by atoms with Crippen molar-refractivity contribution in [3.8, 4) is 0 Å². The van der Waals surface area contributed by atoms with E-state index in [4.69, 9.17) is 5.73 Å². The molecule has 1 aliphatic heterocycles. The molecule has 5 rings (SSSR count). The monoisotopic (exact) mass is 676 g/mol. The Balaban J connectivity index is 0.00000154. The van der Waals surface area contributed by atoms with Crippen LogP contribution in [0, 0.1) is 18.8 Å². The highest BCUT2D eigenvalue weighted by molar-refractivity contribution is 7.79. The molecule has 266 valence electrons. The van der Waals surface area contributed by atoms with Gasteiger partial charge in [-0.25, -0.2) is 0 Å². The van der Waals surface area contributed by atoms with Crippen LogP contribution in [0.5, 0.6) is 0 Å². The highest BCUT2D eigenvalue weighted by atomic mass is 32.1. The van der Waals surface area contributed by atoms with Gasteiger partial charge in [-0.15, -0.1) is 0 Å². The van der Waals surface area contributed by atoms with Crippen LogP contribution in [-0.2, 0) is 30.5 Å². The van der Waals surface area contributed by atoms with E-state index in [0.717, 1.165) is 51.5 Å². The Morgan fingerprint density at radius 2 is 1.52 bits per heavy atom.